The van der Waals surface area contributed by atoms with Crippen LogP contribution in [-0.4, -0.2) is 47.8 Å². The average molecular weight is 458 g/mol. The lowest BCUT2D eigenvalue weighted by atomic mass is 10.1. The maximum absolute atomic E-state index is 12.5. The number of nitrogens with zero attached hydrogens (tertiary/aromatic N) is 1. The number of esters is 1. The van der Waals surface area contributed by atoms with Crippen molar-refractivity contribution in [2.24, 2.45) is 0 Å². The highest BCUT2D eigenvalue weighted by Crippen LogP contribution is 2.27. The molecule has 0 saturated heterocycles. The number of nitrogens with one attached hydrogen (secondary N) is 2. The van der Waals surface area contributed by atoms with E-state index >= 15 is 0 Å². The molecule has 0 aliphatic rings. The van der Waals surface area contributed by atoms with Crippen molar-refractivity contribution in [2.75, 3.05) is 20.1 Å². The van der Waals surface area contributed by atoms with Gasteiger partial charge in [0.25, 0.3) is 0 Å². The molecular formula is C26H39N3O4. The predicted molar refractivity (Wildman–Crippen MR) is 131 cm³/mol. The number of carbonyl (C=O) groups excluding carboxylic acids is 3. The monoisotopic (exact) mass is 457 g/mol. The third-order valence-electron chi connectivity index (χ3n) is 5.85. The lowest BCUT2D eigenvalue weighted by Gasteiger charge is -2.16. The number of aromatic amines is 1. The van der Waals surface area contributed by atoms with Gasteiger partial charge in [0.15, 0.2) is 0 Å². The number of carbonyl (C=O) groups is 3. The lowest BCUT2D eigenvalue weighted by Crippen LogP contribution is -2.27. The molecule has 2 aromatic rings. The minimum absolute atomic E-state index is 0.0161. The molecule has 1 aromatic heterocycles. The number of amides is 2. The molecular weight excluding hydrogens is 418 g/mol. The van der Waals surface area contributed by atoms with Crippen LogP contribution in [0, 0.1) is 6.92 Å². The van der Waals surface area contributed by atoms with Crippen LogP contribution in [0.2, 0.25) is 0 Å². The second-order valence-electron chi connectivity index (χ2n) is 8.74. The summed E-state index contributed by atoms with van der Waals surface area (Å²) in [6, 6.07) is 5.40. The number of ether oxygens (including phenoxy) is 1. The smallest absolute Gasteiger partial charge is 0.308 e. The van der Waals surface area contributed by atoms with Gasteiger partial charge in [0.2, 0.25) is 11.8 Å². The first-order chi connectivity index (χ1) is 15.8. The Morgan fingerprint density at radius 3 is 2.52 bits per heavy atom. The SMILES string of the molecule is CCCCN(C)C(=O)CCCCCCCNC(=O)Cc1c(C)[nH]c2ccc(OC(C)=O)cc12. The van der Waals surface area contributed by atoms with Crippen LogP contribution in [0.4, 0.5) is 0 Å². The fourth-order valence-corrected chi connectivity index (χ4v) is 3.91. The second kappa shape index (κ2) is 13.7. The Hall–Kier alpha value is -2.83. The van der Waals surface area contributed by atoms with E-state index in [1.54, 1.807) is 12.1 Å². The molecule has 7 nitrogen and oxygen atoms in total. The normalized spacial score (nSPS) is 10.9. The van der Waals surface area contributed by atoms with E-state index in [4.69, 9.17) is 4.74 Å². The van der Waals surface area contributed by atoms with Crippen molar-refractivity contribution in [1.29, 1.82) is 0 Å². The van der Waals surface area contributed by atoms with Gasteiger partial charge >= 0.3 is 5.97 Å². The van der Waals surface area contributed by atoms with Crippen LogP contribution in [0.1, 0.15) is 76.5 Å². The molecule has 1 heterocycles. The van der Waals surface area contributed by atoms with Crippen molar-refractivity contribution < 1.29 is 19.1 Å². The van der Waals surface area contributed by atoms with Gasteiger partial charge in [0, 0.05) is 50.1 Å². The third kappa shape index (κ3) is 8.91. The van der Waals surface area contributed by atoms with Crippen LogP contribution >= 0.6 is 0 Å². The molecule has 0 aliphatic heterocycles. The first kappa shape index (κ1) is 26.4. The van der Waals surface area contributed by atoms with Gasteiger partial charge in [-0.15, -0.1) is 0 Å². The lowest BCUT2D eigenvalue weighted by molar-refractivity contribution is -0.132. The summed E-state index contributed by atoms with van der Waals surface area (Å²) in [5.41, 5.74) is 2.78. The molecule has 2 rings (SSSR count). The fourth-order valence-electron chi connectivity index (χ4n) is 3.91. The van der Waals surface area contributed by atoms with Crippen molar-refractivity contribution in [3.8, 4) is 5.75 Å². The Bertz CT molecular complexity index is 935. The van der Waals surface area contributed by atoms with E-state index in [2.05, 4.69) is 17.2 Å². The average Bonchev–Trinajstić information content (AvgIpc) is 3.07. The molecule has 0 spiro atoms. The van der Waals surface area contributed by atoms with E-state index in [0.29, 0.717) is 18.7 Å². The largest absolute Gasteiger partial charge is 0.427 e. The van der Waals surface area contributed by atoms with Crippen LogP contribution in [-0.2, 0) is 20.8 Å². The highest BCUT2D eigenvalue weighted by Gasteiger charge is 2.14. The molecule has 0 bridgehead atoms. The predicted octanol–water partition coefficient (Wildman–Crippen LogP) is 4.66. The zero-order valence-electron chi connectivity index (χ0n) is 20.6. The van der Waals surface area contributed by atoms with Crippen LogP contribution in [0.3, 0.4) is 0 Å². The molecule has 7 heteroatoms. The molecule has 0 aliphatic carbocycles. The van der Waals surface area contributed by atoms with Gasteiger partial charge in [-0.3, -0.25) is 14.4 Å². The van der Waals surface area contributed by atoms with E-state index in [-0.39, 0.29) is 24.2 Å². The van der Waals surface area contributed by atoms with Gasteiger partial charge in [0.05, 0.1) is 6.42 Å². The topological polar surface area (TPSA) is 91.5 Å². The van der Waals surface area contributed by atoms with E-state index < -0.39 is 0 Å². The maximum Gasteiger partial charge on any atom is 0.308 e. The zero-order chi connectivity index (χ0) is 24.2. The molecule has 0 saturated carbocycles. The number of hydrogen-bond donors (Lipinski definition) is 2. The Morgan fingerprint density at radius 1 is 1.06 bits per heavy atom. The molecule has 2 amide bonds. The quantitative estimate of drug-likeness (QED) is 0.245. The van der Waals surface area contributed by atoms with E-state index in [1.165, 1.54) is 6.92 Å². The second-order valence-corrected chi connectivity index (χ2v) is 8.74. The molecule has 2 N–H and O–H groups in total. The van der Waals surface area contributed by atoms with Gasteiger partial charge in [-0.25, -0.2) is 0 Å². The van der Waals surface area contributed by atoms with Crippen molar-refractivity contribution in [2.45, 2.75) is 78.6 Å². The Balaban J connectivity index is 1.66. The summed E-state index contributed by atoms with van der Waals surface area (Å²) in [5.74, 6) is 0.331. The van der Waals surface area contributed by atoms with E-state index in [1.807, 2.05) is 24.9 Å². The van der Waals surface area contributed by atoms with Gasteiger partial charge < -0.3 is 19.9 Å². The third-order valence-corrected chi connectivity index (χ3v) is 5.85. The first-order valence-electron chi connectivity index (χ1n) is 12.1. The minimum Gasteiger partial charge on any atom is -0.427 e. The Kier molecular flexibility index (Phi) is 10.9. The molecule has 1 aromatic carbocycles. The van der Waals surface area contributed by atoms with Gasteiger partial charge in [-0.05, 0) is 49.9 Å². The van der Waals surface area contributed by atoms with Crippen molar-refractivity contribution in [3.63, 3.8) is 0 Å². The molecule has 0 radical (unpaired) electrons. The van der Waals surface area contributed by atoms with Crippen molar-refractivity contribution in [3.05, 3.63) is 29.5 Å². The summed E-state index contributed by atoms with van der Waals surface area (Å²) in [7, 11) is 1.89. The number of aromatic nitrogens is 1. The Morgan fingerprint density at radius 2 is 1.79 bits per heavy atom. The van der Waals surface area contributed by atoms with Crippen molar-refractivity contribution >= 4 is 28.7 Å². The summed E-state index contributed by atoms with van der Waals surface area (Å²) in [6.45, 7) is 6.94. The summed E-state index contributed by atoms with van der Waals surface area (Å²) in [5, 5.41) is 3.90. The number of unbranched alkanes of at least 4 members (excludes halogenated alkanes) is 5. The summed E-state index contributed by atoms with van der Waals surface area (Å²) in [4.78, 5) is 40.8. The maximum atomic E-state index is 12.5. The highest BCUT2D eigenvalue weighted by molar-refractivity contribution is 5.91. The van der Waals surface area contributed by atoms with Crippen molar-refractivity contribution in [1.82, 2.24) is 15.2 Å². The molecule has 0 atom stereocenters. The molecule has 33 heavy (non-hydrogen) atoms. The minimum atomic E-state index is -0.369. The Labute approximate surface area is 197 Å². The van der Waals surface area contributed by atoms with E-state index in [9.17, 15) is 14.4 Å². The molecule has 182 valence electrons. The van der Waals surface area contributed by atoms with Crippen LogP contribution in [0.25, 0.3) is 10.9 Å². The molecule has 0 fully saturated rings. The number of benzene rings is 1. The molecule has 0 unspecified atom stereocenters. The van der Waals surface area contributed by atoms with Crippen LogP contribution in [0.15, 0.2) is 18.2 Å². The van der Waals surface area contributed by atoms with Gasteiger partial charge in [0.1, 0.15) is 5.75 Å². The van der Waals surface area contributed by atoms with Crippen LogP contribution < -0.4 is 10.1 Å². The highest BCUT2D eigenvalue weighted by atomic mass is 16.5. The van der Waals surface area contributed by atoms with Gasteiger partial charge in [-0.2, -0.15) is 0 Å². The number of fused-ring (bicyclic) bond motifs is 1. The van der Waals surface area contributed by atoms with Crippen LogP contribution in [0.5, 0.6) is 5.75 Å². The number of aryl methyl sites for hydroxylation is 1. The number of H-pyrrole nitrogens is 1. The first-order valence-corrected chi connectivity index (χ1v) is 12.1. The standard InChI is InChI=1S/C26H39N3O4/c1-5-6-16-29(4)26(32)12-10-8-7-9-11-15-27-25(31)18-22-19(2)28-24-14-13-21(17-23(22)24)33-20(3)30/h13-14,17,28H,5-12,15-16,18H2,1-4H3,(H,27,31). The zero-order valence-corrected chi connectivity index (χ0v) is 20.6. The summed E-state index contributed by atoms with van der Waals surface area (Å²) in [6.07, 6.45) is 8.08. The summed E-state index contributed by atoms with van der Waals surface area (Å²) >= 11 is 0. The van der Waals surface area contributed by atoms with E-state index in [0.717, 1.165) is 73.7 Å². The number of hydrogen-bond acceptors (Lipinski definition) is 4. The fraction of sp³-hybridized carbons (Fsp3) is 0.577. The summed E-state index contributed by atoms with van der Waals surface area (Å²) < 4.78 is 5.18. The number of rotatable bonds is 14. The van der Waals surface area contributed by atoms with Gasteiger partial charge in [-0.1, -0.05) is 32.6 Å².